The number of nitrogens with one attached hydrogen (secondary N) is 1. The molecule has 2 fully saturated rings. The summed E-state index contributed by atoms with van der Waals surface area (Å²) in [5.41, 5.74) is 5.79. The van der Waals surface area contributed by atoms with Crippen LogP contribution in [0.15, 0.2) is 0 Å². The van der Waals surface area contributed by atoms with Crippen LogP contribution in [0.5, 0.6) is 0 Å². The topological polar surface area (TPSA) is 78.7 Å². The van der Waals surface area contributed by atoms with Crippen LogP contribution in [0.2, 0.25) is 0 Å². The fourth-order valence-electron chi connectivity index (χ4n) is 3.28. The summed E-state index contributed by atoms with van der Waals surface area (Å²) in [5.74, 6) is -0.158. The van der Waals surface area contributed by atoms with Crippen LogP contribution in [0.3, 0.4) is 0 Å². The fourth-order valence-corrected chi connectivity index (χ4v) is 3.28. The molecule has 2 saturated heterocycles. The number of amides is 2. The number of nitrogens with two attached hydrogens (primary N) is 1. The molecule has 1 unspecified atom stereocenters. The van der Waals surface area contributed by atoms with E-state index in [0.717, 1.165) is 32.6 Å². The third-order valence-corrected chi connectivity index (χ3v) is 4.84. The predicted molar refractivity (Wildman–Crippen MR) is 101 cm³/mol. The molecule has 8 heteroatoms. The molecule has 6 nitrogen and oxygen atoms in total. The summed E-state index contributed by atoms with van der Waals surface area (Å²) >= 11 is 0. The lowest BCUT2D eigenvalue weighted by atomic mass is 10.0. The van der Waals surface area contributed by atoms with Crippen LogP contribution in [-0.4, -0.2) is 66.4 Å². The molecule has 0 saturated carbocycles. The summed E-state index contributed by atoms with van der Waals surface area (Å²) in [6, 6.07) is -0.0553. The number of rotatable bonds is 5. The summed E-state index contributed by atoms with van der Waals surface area (Å²) in [6.45, 7) is 7.78. The Bertz CT molecular complexity index is 404. The number of piperidine rings is 1. The number of halogens is 2. The third kappa shape index (κ3) is 6.39. The van der Waals surface area contributed by atoms with E-state index in [4.69, 9.17) is 5.73 Å². The normalized spacial score (nSPS) is 22.5. The highest BCUT2D eigenvalue weighted by Gasteiger charge is 2.29. The van der Waals surface area contributed by atoms with E-state index in [2.05, 4.69) is 10.2 Å². The number of carbonyl (C=O) groups excluding carboxylic acids is 2. The van der Waals surface area contributed by atoms with E-state index in [0.29, 0.717) is 6.04 Å². The SMILES string of the molecule is CC(C)[C@H](N)C(=O)NCC(=O)N1CCCC(N2CCCC2)C1.Cl.Cl. The molecular formula is C16H32Cl2N4O2. The van der Waals surface area contributed by atoms with Crippen molar-refractivity contribution in [2.75, 3.05) is 32.7 Å². The van der Waals surface area contributed by atoms with Crippen molar-refractivity contribution in [1.82, 2.24) is 15.1 Å². The van der Waals surface area contributed by atoms with Crippen LogP contribution in [0.1, 0.15) is 39.5 Å². The zero-order valence-electron chi connectivity index (χ0n) is 14.7. The van der Waals surface area contributed by atoms with E-state index in [9.17, 15) is 9.59 Å². The molecule has 2 amide bonds. The maximum atomic E-state index is 12.3. The molecule has 3 N–H and O–H groups in total. The van der Waals surface area contributed by atoms with E-state index in [-0.39, 0.29) is 49.1 Å². The molecule has 2 heterocycles. The lowest BCUT2D eigenvalue weighted by molar-refractivity contribution is -0.135. The number of hydrogen-bond acceptors (Lipinski definition) is 4. The summed E-state index contributed by atoms with van der Waals surface area (Å²) in [4.78, 5) is 28.5. The third-order valence-electron chi connectivity index (χ3n) is 4.84. The fraction of sp³-hybridized carbons (Fsp3) is 0.875. The molecule has 2 aliphatic heterocycles. The molecule has 0 spiro atoms. The van der Waals surface area contributed by atoms with Gasteiger partial charge in [0.05, 0.1) is 12.6 Å². The molecule has 142 valence electrons. The van der Waals surface area contributed by atoms with Crippen molar-refractivity contribution in [1.29, 1.82) is 0 Å². The van der Waals surface area contributed by atoms with Crippen molar-refractivity contribution < 1.29 is 9.59 Å². The minimum atomic E-state index is -0.550. The smallest absolute Gasteiger partial charge is 0.242 e. The Morgan fingerprint density at radius 1 is 1.12 bits per heavy atom. The van der Waals surface area contributed by atoms with Gasteiger partial charge in [-0.25, -0.2) is 0 Å². The van der Waals surface area contributed by atoms with Gasteiger partial charge < -0.3 is 16.0 Å². The van der Waals surface area contributed by atoms with E-state index in [1.165, 1.54) is 19.3 Å². The van der Waals surface area contributed by atoms with Gasteiger partial charge in [-0.15, -0.1) is 24.8 Å². The van der Waals surface area contributed by atoms with E-state index in [1.54, 1.807) is 0 Å². The van der Waals surface area contributed by atoms with Crippen molar-refractivity contribution in [3.63, 3.8) is 0 Å². The van der Waals surface area contributed by atoms with Crippen molar-refractivity contribution >= 4 is 36.6 Å². The molecule has 2 aliphatic rings. The van der Waals surface area contributed by atoms with E-state index < -0.39 is 6.04 Å². The zero-order valence-corrected chi connectivity index (χ0v) is 16.3. The summed E-state index contributed by atoms with van der Waals surface area (Å²) < 4.78 is 0. The Balaban J connectivity index is 0.00000264. The summed E-state index contributed by atoms with van der Waals surface area (Å²) in [7, 11) is 0. The maximum absolute atomic E-state index is 12.3. The Morgan fingerprint density at radius 2 is 1.75 bits per heavy atom. The second kappa shape index (κ2) is 11.1. The van der Waals surface area contributed by atoms with E-state index in [1.807, 2.05) is 18.7 Å². The lowest BCUT2D eigenvalue weighted by Crippen LogP contribution is -2.52. The molecule has 0 aromatic heterocycles. The Morgan fingerprint density at radius 3 is 2.33 bits per heavy atom. The first-order valence-electron chi connectivity index (χ1n) is 8.54. The molecule has 2 rings (SSSR count). The van der Waals surface area contributed by atoms with Gasteiger partial charge >= 0.3 is 0 Å². The van der Waals surface area contributed by atoms with Gasteiger partial charge in [0.2, 0.25) is 11.8 Å². The van der Waals surface area contributed by atoms with Gasteiger partial charge in [0.25, 0.3) is 0 Å². The number of carbonyl (C=O) groups is 2. The molecule has 0 aliphatic carbocycles. The van der Waals surface area contributed by atoms with Crippen LogP contribution in [0, 0.1) is 5.92 Å². The van der Waals surface area contributed by atoms with Crippen LogP contribution in [-0.2, 0) is 9.59 Å². The van der Waals surface area contributed by atoms with Crippen LogP contribution in [0.4, 0.5) is 0 Å². The van der Waals surface area contributed by atoms with Crippen LogP contribution < -0.4 is 11.1 Å². The molecule has 0 radical (unpaired) electrons. The van der Waals surface area contributed by atoms with Gasteiger partial charge in [0.15, 0.2) is 0 Å². The van der Waals surface area contributed by atoms with Gasteiger partial charge in [-0.2, -0.15) is 0 Å². The van der Waals surface area contributed by atoms with Gasteiger partial charge in [-0.3, -0.25) is 14.5 Å². The first kappa shape index (κ1) is 23.4. The van der Waals surface area contributed by atoms with Crippen molar-refractivity contribution in [2.24, 2.45) is 11.7 Å². The maximum Gasteiger partial charge on any atom is 0.242 e. The Hall–Kier alpha value is -0.560. The highest BCUT2D eigenvalue weighted by atomic mass is 35.5. The number of hydrogen-bond donors (Lipinski definition) is 2. The standard InChI is InChI=1S/C16H30N4O2.2ClH/c1-12(2)15(17)16(22)18-10-14(21)20-9-5-6-13(11-20)19-7-3-4-8-19;;/h12-13,15H,3-11,17H2,1-2H3,(H,18,22);2*1H/t13?,15-;;/m0../s1. The molecule has 0 bridgehead atoms. The molecule has 0 aromatic carbocycles. The largest absolute Gasteiger partial charge is 0.346 e. The molecule has 0 aromatic rings. The first-order chi connectivity index (χ1) is 10.5. The van der Waals surface area contributed by atoms with Crippen molar-refractivity contribution in [2.45, 2.75) is 51.6 Å². The number of nitrogens with zero attached hydrogens (tertiary/aromatic N) is 2. The Kier molecular flexibility index (Phi) is 10.9. The minimum Gasteiger partial charge on any atom is -0.346 e. The average Bonchev–Trinajstić information content (AvgIpc) is 3.06. The predicted octanol–water partition coefficient (Wildman–Crippen LogP) is 1.02. The molecule has 24 heavy (non-hydrogen) atoms. The van der Waals surface area contributed by atoms with Gasteiger partial charge in [0.1, 0.15) is 0 Å². The quantitative estimate of drug-likeness (QED) is 0.743. The average molecular weight is 383 g/mol. The second-order valence-corrected chi connectivity index (χ2v) is 6.87. The van der Waals surface area contributed by atoms with Gasteiger partial charge in [0, 0.05) is 19.1 Å². The monoisotopic (exact) mass is 382 g/mol. The first-order valence-corrected chi connectivity index (χ1v) is 8.54. The highest BCUT2D eigenvalue weighted by molar-refractivity contribution is 5.87. The van der Waals surface area contributed by atoms with Gasteiger partial charge in [-0.1, -0.05) is 13.8 Å². The van der Waals surface area contributed by atoms with Crippen molar-refractivity contribution in [3.8, 4) is 0 Å². The van der Waals surface area contributed by atoms with Crippen LogP contribution >= 0.6 is 24.8 Å². The lowest BCUT2D eigenvalue weighted by Gasteiger charge is -2.37. The van der Waals surface area contributed by atoms with E-state index >= 15 is 0 Å². The van der Waals surface area contributed by atoms with Gasteiger partial charge in [-0.05, 0) is 44.7 Å². The summed E-state index contributed by atoms with van der Waals surface area (Å²) in [5, 5.41) is 2.68. The minimum absolute atomic E-state index is 0. The second-order valence-electron chi connectivity index (χ2n) is 6.87. The summed E-state index contributed by atoms with van der Waals surface area (Å²) in [6.07, 6.45) is 4.77. The molecular weight excluding hydrogens is 351 g/mol. The zero-order chi connectivity index (χ0) is 16.1. The number of likely N-dealkylation sites (tertiary alicyclic amines) is 2. The van der Waals surface area contributed by atoms with Crippen molar-refractivity contribution in [3.05, 3.63) is 0 Å². The molecule has 2 atom stereocenters. The van der Waals surface area contributed by atoms with Crippen LogP contribution in [0.25, 0.3) is 0 Å². The Labute approximate surface area is 157 Å². The highest BCUT2D eigenvalue weighted by Crippen LogP contribution is 2.20.